The van der Waals surface area contributed by atoms with E-state index in [0.29, 0.717) is 18.5 Å². The Morgan fingerprint density at radius 2 is 1.73 bits per heavy atom. The average Bonchev–Trinajstić information content (AvgIpc) is 2.83. The summed E-state index contributed by atoms with van der Waals surface area (Å²) in [4.78, 5) is 16.1. The van der Waals surface area contributed by atoms with Crippen molar-refractivity contribution in [3.63, 3.8) is 0 Å². The van der Waals surface area contributed by atoms with Crippen LogP contribution in [0.2, 0.25) is 0 Å². The van der Waals surface area contributed by atoms with Crippen molar-refractivity contribution in [3.05, 3.63) is 35.9 Å². The molecule has 1 aromatic carbocycles. The third-order valence-corrected chi connectivity index (χ3v) is 4.44. The van der Waals surface area contributed by atoms with Gasteiger partial charge in [0.1, 0.15) is 0 Å². The second-order valence-electron chi connectivity index (χ2n) is 6.24. The molecule has 4 nitrogen and oxygen atoms in total. The highest BCUT2D eigenvalue weighted by Crippen LogP contribution is 2.18. The number of rotatable bonds is 3. The maximum atomic E-state index is 12.0. The Balaban J connectivity index is 1.53. The van der Waals surface area contributed by atoms with Gasteiger partial charge in [-0.3, -0.25) is 4.79 Å². The molecule has 22 heavy (non-hydrogen) atoms. The lowest BCUT2D eigenvalue weighted by Crippen LogP contribution is -2.36. The number of nitrogens with one attached hydrogen (secondary N) is 1. The Labute approximate surface area is 132 Å². The Morgan fingerprint density at radius 3 is 2.45 bits per heavy atom. The van der Waals surface area contributed by atoms with Crippen LogP contribution in [0.5, 0.6) is 0 Å². The zero-order chi connectivity index (χ0) is 15.2. The first-order valence-corrected chi connectivity index (χ1v) is 8.41. The van der Waals surface area contributed by atoms with Gasteiger partial charge in [0.05, 0.1) is 0 Å². The molecule has 0 radical (unpaired) electrons. The number of hydrogen-bond acceptors (Lipinski definition) is 3. The van der Waals surface area contributed by atoms with Gasteiger partial charge in [-0.2, -0.15) is 4.99 Å². The van der Waals surface area contributed by atoms with E-state index < -0.39 is 6.10 Å². The predicted molar refractivity (Wildman–Crippen MR) is 86.7 cm³/mol. The maximum absolute atomic E-state index is 12.0. The highest BCUT2D eigenvalue weighted by molar-refractivity contribution is 5.98. The number of carbonyl (C=O) groups is 1. The maximum Gasteiger partial charge on any atom is 0.293 e. The number of benzene rings is 1. The van der Waals surface area contributed by atoms with Gasteiger partial charge in [0.15, 0.2) is 6.10 Å². The van der Waals surface area contributed by atoms with Gasteiger partial charge < -0.3 is 10.1 Å². The molecule has 1 N–H and O–H groups in total. The third kappa shape index (κ3) is 4.09. The number of amides is 1. The van der Waals surface area contributed by atoms with Crippen LogP contribution < -0.4 is 5.32 Å². The first-order valence-electron chi connectivity index (χ1n) is 8.41. The van der Waals surface area contributed by atoms with Crippen LogP contribution in [0.4, 0.5) is 0 Å². The van der Waals surface area contributed by atoms with E-state index >= 15 is 0 Å². The van der Waals surface area contributed by atoms with E-state index in [0.717, 1.165) is 18.4 Å². The molecule has 1 unspecified atom stereocenters. The summed E-state index contributed by atoms with van der Waals surface area (Å²) in [5, 5.41) is 3.34. The summed E-state index contributed by atoms with van der Waals surface area (Å²) in [5.41, 5.74) is 1.10. The van der Waals surface area contributed by atoms with Crippen LogP contribution in [-0.2, 0) is 16.0 Å². The van der Waals surface area contributed by atoms with E-state index in [2.05, 4.69) is 10.3 Å². The summed E-state index contributed by atoms with van der Waals surface area (Å²) in [6.45, 7) is 0. The normalized spacial score (nSPS) is 23.4. The van der Waals surface area contributed by atoms with Crippen molar-refractivity contribution in [3.8, 4) is 0 Å². The molecule has 3 rings (SSSR count). The number of nitrogens with zero attached hydrogens (tertiary/aromatic N) is 1. The summed E-state index contributed by atoms with van der Waals surface area (Å²) in [6.07, 6.45) is 8.83. The molecule has 2 aliphatic rings. The molecule has 1 atom stereocenters. The van der Waals surface area contributed by atoms with Crippen molar-refractivity contribution in [2.75, 3.05) is 0 Å². The molecule has 4 heteroatoms. The zero-order valence-corrected chi connectivity index (χ0v) is 13.0. The first-order chi connectivity index (χ1) is 10.8. The monoisotopic (exact) mass is 300 g/mol. The second kappa shape index (κ2) is 7.43. The predicted octanol–water partition coefficient (Wildman–Crippen LogP) is 3.21. The van der Waals surface area contributed by atoms with Gasteiger partial charge >= 0.3 is 0 Å². The van der Waals surface area contributed by atoms with Gasteiger partial charge in [0, 0.05) is 12.5 Å². The molecule has 0 saturated heterocycles. The molecule has 1 heterocycles. The van der Waals surface area contributed by atoms with E-state index in [1.807, 2.05) is 30.3 Å². The third-order valence-electron chi connectivity index (χ3n) is 4.44. The van der Waals surface area contributed by atoms with E-state index in [1.54, 1.807) is 0 Å². The van der Waals surface area contributed by atoms with Crippen LogP contribution in [0.25, 0.3) is 0 Å². The van der Waals surface area contributed by atoms with Crippen LogP contribution in [-0.4, -0.2) is 24.1 Å². The van der Waals surface area contributed by atoms with Crippen LogP contribution in [0.1, 0.15) is 50.5 Å². The molecule has 1 saturated carbocycles. The highest BCUT2D eigenvalue weighted by Gasteiger charge is 2.30. The fourth-order valence-corrected chi connectivity index (χ4v) is 3.18. The number of amidine groups is 1. The van der Waals surface area contributed by atoms with Gasteiger partial charge in [-0.05, 0) is 18.4 Å². The summed E-state index contributed by atoms with van der Waals surface area (Å²) >= 11 is 0. The minimum Gasteiger partial charge on any atom is -0.451 e. The van der Waals surface area contributed by atoms with Gasteiger partial charge in [-0.15, -0.1) is 0 Å². The molecule has 0 aromatic heterocycles. The summed E-state index contributed by atoms with van der Waals surface area (Å²) < 4.78 is 5.74. The highest BCUT2D eigenvalue weighted by atomic mass is 16.5. The Morgan fingerprint density at radius 1 is 1.05 bits per heavy atom. The first kappa shape index (κ1) is 15.1. The van der Waals surface area contributed by atoms with Crippen molar-refractivity contribution in [1.29, 1.82) is 0 Å². The molecule has 1 amide bonds. The standard InChI is InChI=1S/C18H24N2O2/c21-17-16(13-14-9-5-4-6-10-14)22-18(20-17)19-15-11-7-2-1-3-8-12-15/h4-6,9-10,15-16H,1-3,7-8,11-13H2,(H,19,20,21). The molecule has 1 aromatic rings. The molecule has 1 aliphatic heterocycles. The number of aliphatic imine (C=N–C) groups is 1. The number of hydrogen-bond donors (Lipinski definition) is 1. The quantitative estimate of drug-likeness (QED) is 0.932. The van der Waals surface area contributed by atoms with Crippen molar-refractivity contribution in [2.45, 2.75) is 63.5 Å². The molecule has 0 spiro atoms. The van der Waals surface area contributed by atoms with Crippen LogP contribution in [0.15, 0.2) is 35.3 Å². The Bertz CT molecular complexity index is 519. The largest absolute Gasteiger partial charge is 0.451 e. The SMILES string of the molecule is O=C1N=C(NC2CCCCCCC2)OC1Cc1ccccc1. The second-order valence-corrected chi connectivity index (χ2v) is 6.24. The smallest absolute Gasteiger partial charge is 0.293 e. The van der Waals surface area contributed by atoms with Gasteiger partial charge in [-0.25, -0.2) is 0 Å². The lowest BCUT2D eigenvalue weighted by molar-refractivity contribution is -0.122. The molecular weight excluding hydrogens is 276 g/mol. The zero-order valence-electron chi connectivity index (χ0n) is 13.0. The molecule has 118 valence electrons. The average molecular weight is 300 g/mol. The Kier molecular flexibility index (Phi) is 5.09. The van der Waals surface area contributed by atoms with E-state index in [1.165, 1.54) is 32.1 Å². The molecule has 1 fully saturated rings. The van der Waals surface area contributed by atoms with E-state index in [9.17, 15) is 4.79 Å². The lowest BCUT2D eigenvalue weighted by Gasteiger charge is -2.21. The number of carbonyl (C=O) groups excluding carboxylic acids is 1. The van der Waals surface area contributed by atoms with Crippen molar-refractivity contribution < 1.29 is 9.53 Å². The fraction of sp³-hybridized carbons (Fsp3) is 0.556. The van der Waals surface area contributed by atoms with Crippen molar-refractivity contribution in [2.24, 2.45) is 4.99 Å². The minimum absolute atomic E-state index is 0.169. The van der Waals surface area contributed by atoms with Gasteiger partial charge in [0.25, 0.3) is 11.9 Å². The van der Waals surface area contributed by atoms with Crippen molar-refractivity contribution >= 4 is 11.9 Å². The molecule has 1 aliphatic carbocycles. The summed E-state index contributed by atoms with van der Waals surface area (Å²) in [7, 11) is 0. The number of ether oxygens (including phenoxy) is 1. The lowest BCUT2D eigenvalue weighted by atomic mass is 9.97. The van der Waals surface area contributed by atoms with Crippen LogP contribution in [0.3, 0.4) is 0 Å². The summed E-state index contributed by atoms with van der Waals surface area (Å²) in [6, 6.07) is 10.8. The Hall–Kier alpha value is -1.84. The van der Waals surface area contributed by atoms with Crippen molar-refractivity contribution in [1.82, 2.24) is 5.32 Å². The summed E-state index contributed by atoms with van der Waals surface area (Å²) in [5.74, 6) is -0.169. The van der Waals surface area contributed by atoms with E-state index in [4.69, 9.17) is 4.74 Å². The van der Waals surface area contributed by atoms with Crippen LogP contribution in [0, 0.1) is 0 Å². The molecule has 0 bridgehead atoms. The van der Waals surface area contributed by atoms with Gasteiger partial charge in [-0.1, -0.05) is 62.4 Å². The minimum atomic E-state index is -0.474. The fourth-order valence-electron chi connectivity index (χ4n) is 3.18. The van der Waals surface area contributed by atoms with Gasteiger partial charge in [0.2, 0.25) is 0 Å². The van der Waals surface area contributed by atoms with Crippen LogP contribution >= 0.6 is 0 Å². The molecular formula is C18H24N2O2. The van der Waals surface area contributed by atoms with E-state index in [-0.39, 0.29) is 5.91 Å². The topological polar surface area (TPSA) is 50.7 Å².